The lowest BCUT2D eigenvalue weighted by Gasteiger charge is -2.15. The molecule has 128 valence electrons. The highest BCUT2D eigenvalue weighted by atomic mass is 16.5. The molecule has 23 heavy (non-hydrogen) atoms. The van der Waals surface area contributed by atoms with Crippen LogP contribution < -0.4 is 9.47 Å². The van der Waals surface area contributed by atoms with Crippen LogP contribution in [0.2, 0.25) is 0 Å². The monoisotopic (exact) mass is 320 g/mol. The molecule has 0 bridgehead atoms. The number of benzene rings is 1. The molecule has 0 radical (unpaired) electrons. The smallest absolute Gasteiger partial charge is 0.307 e. The minimum Gasteiger partial charge on any atom is -0.490 e. The van der Waals surface area contributed by atoms with Gasteiger partial charge in [0.2, 0.25) is 0 Å². The van der Waals surface area contributed by atoms with E-state index in [2.05, 4.69) is 20.8 Å². The molecule has 0 unspecified atom stereocenters. The van der Waals surface area contributed by atoms with Gasteiger partial charge in [0.25, 0.3) is 0 Å². The Morgan fingerprint density at radius 3 is 2.26 bits per heavy atom. The van der Waals surface area contributed by atoms with Crippen molar-refractivity contribution in [2.24, 2.45) is 0 Å². The van der Waals surface area contributed by atoms with Crippen LogP contribution in [0, 0.1) is 0 Å². The van der Waals surface area contributed by atoms with Crippen molar-refractivity contribution >= 4 is 11.5 Å². The first-order valence-electron chi connectivity index (χ1n) is 8.43. The van der Waals surface area contributed by atoms with Crippen LogP contribution in [0.25, 0.3) is 5.57 Å². The van der Waals surface area contributed by atoms with E-state index in [9.17, 15) is 4.79 Å². The summed E-state index contributed by atoms with van der Waals surface area (Å²) in [5.74, 6) is 0.664. The summed E-state index contributed by atoms with van der Waals surface area (Å²) in [6, 6.07) is 5.86. The van der Waals surface area contributed by atoms with E-state index in [1.54, 1.807) is 6.08 Å². The second-order valence-electron chi connectivity index (χ2n) is 5.44. The third-order valence-corrected chi connectivity index (χ3v) is 3.28. The number of ether oxygens (including phenoxy) is 2. The van der Waals surface area contributed by atoms with Crippen LogP contribution in [0.15, 0.2) is 24.3 Å². The summed E-state index contributed by atoms with van der Waals surface area (Å²) in [6.45, 7) is 7.49. The molecule has 1 aromatic carbocycles. The quantitative estimate of drug-likeness (QED) is 0.628. The van der Waals surface area contributed by atoms with Crippen LogP contribution in [0.1, 0.15) is 58.4 Å². The lowest BCUT2D eigenvalue weighted by atomic mass is 9.99. The molecule has 1 rings (SSSR count). The highest BCUT2D eigenvalue weighted by Gasteiger charge is 2.10. The number of carboxylic acids is 1. The van der Waals surface area contributed by atoms with Gasteiger partial charge < -0.3 is 14.6 Å². The predicted octanol–water partition coefficient (Wildman–Crippen LogP) is 4.92. The van der Waals surface area contributed by atoms with Gasteiger partial charge in [-0.25, -0.2) is 0 Å². The molecule has 0 aliphatic rings. The van der Waals surface area contributed by atoms with Crippen molar-refractivity contribution in [3.05, 3.63) is 29.8 Å². The predicted molar refractivity (Wildman–Crippen MR) is 93.2 cm³/mol. The highest BCUT2D eigenvalue weighted by Crippen LogP contribution is 2.32. The Bertz CT molecular complexity index is 520. The zero-order valence-electron chi connectivity index (χ0n) is 14.4. The molecular weight excluding hydrogens is 292 g/mol. The molecule has 0 fully saturated rings. The van der Waals surface area contributed by atoms with E-state index in [0.29, 0.717) is 13.2 Å². The van der Waals surface area contributed by atoms with Gasteiger partial charge in [-0.1, -0.05) is 39.3 Å². The molecular formula is C19H28O4. The minimum absolute atomic E-state index is 0.0363. The van der Waals surface area contributed by atoms with E-state index in [4.69, 9.17) is 14.6 Å². The standard InChI is InChI=1S/C19H28O4/c1-4-7-15(9-11-19(20)21)16-8-10-17(22-12-5-2)18(14-16)23-13-6-3/h8-10,14H,4-7,11-13H2,1-3H3,(H,20,21)/b15-9+. The largest absolute Gasteiger partial charge is 0.490 e. The number of hydrogen-bond acceptors (Lipinski definition) is 3. The van der Waals surface area contributed by atoms with Gasteiger partial charge in [0.1, 0.15) is 0 Å². The first kappa shape index (κ1) is 19.1. The Morgan fingerprint density at radius 2 is 1.70 bits per heavy atom. The summed E-state index contributed by atoms with van der Waals surface area (Å²) in [5.41, 5.74) is 2.04. The van der Waals surface area contributed by atoms with Crippen molar-refractivity contribution in [2.75, 3.05) is 13.2 Å². The maximum absolute atomic E-state index is 10.8. The highest BCUT2D eigenvalue weighted by molar-refractivity contribution is 5.75. The van der Waals surface area contributed by atoms with E-state index in [1.165, 1.54) is 0 Å². The van der Waals surface area contributed by atoms with Crippen LogP contribution in [0.3, 0.4) is 0 Å². The van der Waals surface area contributed by atoms with Crippen LogP contribution in [-0.2, 0) is 4.79 Å². The second kappa shape index (κ2) is 10.7. The number of carboxylic acid groups (broad SMARTS) is 1. The van der Waals surface area contributed by atoms with Crippen LogP contribution in [0.4, 0.5) is 0 Å². The molecule has 1 aromatic rings. The maximum Gasteiger partial charge on any atom is 0.307 e. The van der Waals surface area contributed by atoms with E-state index < -0.39 is 5.97 Å². The molecule has 0 heterocycles. The third kappa shape index (κ3) is 6.76. The Balaban J connectivity index is 3.07. The van der Waals surface area contributed by atoms with Crippen molar-refractivity contribution in [3.63, 3.8) is 0 Å². The van der Waals surface area contributed by atoms with Gasteiger partial charge >= 0.3 is 5.97 Å². The fourth-order valence-corrected chi connectivity index (χ4v) is 2.21. The van der Waals surface area contributed by atoms with Crippen molar-refractivity contribution in [1.29, 1.82) is 0 Å². The van der Waals surface area contributed by atoms with E-state index >= 15 is 0 Å². The SMILES string of the molecule is CCCOc1ccc(/C(=C/CC(=O)O)CCC)cc1OCCC. The molecule has 0 atom stereocenters. The number of rotatable bonds is 11. The lowest BCUT2D eigenvalue weighted by molar-refractivity contribution is -0.135. The summed E-state index contributed by atoms with van der Waals surface area (Å²) in [6.07, 6.45) is 5.49. The second-order valence-corrected chi connectivity index (χ2v) is 5.44. The Morgan fingerprint density at radius 1 is 1.04 bits per heavy atom. The molecule has 0 saturated heterocycles. The van der Waals surface area contributed by atoms with E-state index in [1.807, 2.05) is 18.2 Å². The maximum atomic E-state index is 10.8. The number of allylic oxidation sites excluding steroid dienone is 1. The molecule has 0 aliphatic carbocycles. The van der Waals surface area contributed by atoms with Crippen LogP contribution >= 0.6 is 0 Å². The molecule has 4 nitrogen and oxygen atoms in total. The number of aliphatic carboxylic acids is 1. The van der Waals surface area contributed by atoms with Crippen molar-refractivity contribution < 1.29 is 19.4 Å². The molecule has 0 aliphatic heterocycles. The van der Waals surface area contributed by atoms with Gasteiger partial charge in [0.05, 0.1) is 19.6 Å². The number of hydrogen-bond donors (Lipinski definition) is 1. The van der Waals surface area contributed by atoms with Gasteiger partial charge in [-0.05, 0) is 42.5 Å². The zero-order valence-corrected chi connectivity index (χ0v) is 14.4. The fourth-order valence-electron chi connectivity index (χ4n) is 2.21. The zero-order chi connectivity index (χ0) is 17.1. The molecule has 4 heteroatoms. The van der Waals surface area contributed by atoms with Gasteiger partial charge in [-0.2, -0.15) is 0 Å². The van der Waals surface area contributed by atoms with Gasteiger partial charge in [0, 0.05) is 0 Å². The summed E-state index contributed by atoms with van der Waals surface area (Å²) in [7, 11) is 0. The Labute approximate surface area is 139 Å². The average molecular weight is 320 g/mol. The molecule has 1 N–H and O–H groups in total. The average Bonchev–Trinajstić information content (AvgIpc) is 2.55. The van der Waals surface area contributed by atoms with Crippen molar-refractivity contribution in [1.82, 2.24) is 0 Å². The summed E-state index contributed by atoms with van der Waals surface area (Å²) >= 11 is 0. The summed E-state index contributed by atoms with van der Waals surface area (Å²) in [4.78, 5) is 10.8. The molecule has 0 spiro atoms. The third-order valence-electron chi connectivity index (χ3n) is 3.28. The van der Waals surface area contributed by atoms with Gasteiger partial charge in [-0.3, -0.25) is 4.79 Å². The van der Waals surface area contributed by atoms with E-state index in [0.717, 1.165) is 48.3 Å². The summed E-state index contributed by atoms with van der Waals surface area (Å²) in [5, 5.41) is 8.90. The normalized spacial score (nSPS) is 11.3. The summed E-state index contributed by atoms with van der Waals surface area (Å²) < 4.78 is 11.5. The fraction of sp³-hybridized carbons (Fsp3) is 0.526. The molecule has 0 saturated carbocycles. The first-order valence-corrected chi connectivity index (χ1v) is 8.43. The lowest BCUT2D eigenvalue weighted by Crippen LogP contribution is -2.02. The minimum atomic E-state index is -0.816. The van der Waals surface area contributed by atoms with Crippen molar-refractivity contribution in [3.8, 4) is 11.5 Å². The van der Waals surface area contributed by atoms with Gasteiger partial charge in [-0.15, -0.1) is 0 Å². The van der Waals surface area contributed by atoms with Crippen LogP contribution in [-0.4, -0.2) is 24.3 Å². The van der Waals surface area contributed by atoms with Gasteiger partial charge in [0.15, 0.2) is 11.5 Å². The topological polar surface area (TPSA) is 55.8 Å². The Hall–Kier alpha value is -1.97. The number of carbonyl (C=O) groups is 1. The molecule has 0 aromatic heterocycles. The Kier molecular flexibility index (Phi) is 8.88. The molecule has 0 amide bonds. The van der Waals surface area contributed by atoms with E-state index in [-0.39, 0.29) is 6.42 Å². The first-order chi connectivity index (χ1) is 11.1. The van der Waals surface area contributed by atoms with Crippen LogP contribution in [0.5, 0.6) is 11.5 Å². The van der Waals surface area contributed by atoms with Crippen molar-refractivity contribution in [2.45, 2.75) is 52.9 Å².